The normalized spacial score (nSPS) is 21.1. The van der Waals surface area contributed by atoms with Gasteiger partial charge in [0.05, 0.1) is 11.3 Å². The summed E-state index contributed by atoms with van der Waals surface area (Å²) in [6, 6.07) is 4.06. The van der Waals surface area contributed by atoms with Gasteiger partial charge in [-0.25, -0.2) is 4.98 Å². The summed E-state index contributed by atoms with van der Waals surface area (Å²) in [5.41, 5.74) is 2.28. The summed E-state index contributed by atoms with van der Waals surface area (Å²) in [6.45, 7) is 3.39. The van der Waals surface area contributed by atoms with Crippen LogP contribution in [0.4, 0.5) is 5.69 Å². The summed E-state index contributed by atoms with van der Waals surface area (Å²) < 4.78 is 5.77. The first-order valence-corrected chi connectivity index (χ1v) is 6.99. The van der Waals surface area contributed by atoms with Crippen LogP contribution in [0.2, 0.25) is 0 Å². The van der Waals surface area contributed by atoms with E-state index in [0.717, 1.165) is 36.8 Å². The van der Waals surface area contributed by atoms with E-state index in [2.05, 4.69) is 26.3 Å². The molecule has 0 bridgehead atoms. The molecule has 0 amide bonds. The van der Waals surface area contributed by atoms with Gasteiger partial charge in [0, 0.05) is 43.4 Å². The highest BCUT2D eigenvalue weighted by Crippen LogP contribution is 2.33. The number of hydrogen-bond acceptors (Lipinski definition) is 5. The SMILES string of the molecule is Cc1cc(NC[C@@H]2CCO[C@H]2c2ncc[nH]2)c(C#N)cn1. The zero-order chi connectivity index (χ0) is 14.7. The predicted molar refractivity (Wildman–Crippen MR) is 77.6 cm³/mol. The Balaban J connectivity index is 1.70. The molecular weight excluding hydrogens is 266 g/mol. The standard InChI is InChI=1S/C15H17N5O/c1-10-6-13(12(7-16)9-19-10)20-8-11-2-5-21-14(11)15-17-3-4-18-15/h3-4,6,9,11,14H,2,5,8H2,1H3,(H,17,18)(H,19,20)/t11-,14+/m0/s1. The first-order valence-electron chi connectivity index (χ1n) is 6.99. The lowest BCUT2D eigenvalue weighted by atomic mass is 10.0. The van der Waals surface area contributed by atoms with E-state index in [4.69, 9.17) is 10.00 Å². The van der Waals surface area contributed by atoms with E-state index in [1.807, 2.05) is 19.2 Å². The highest BCUT2D eigenvalue weighted by atomic mass is 16.5. The van der Waals surface area contributed by atoms with Gasteiger partial charge in [-0.05, 0) is 19.4 Å². The maximum atomic E-state index is 9.13. The van der Waals surface area contributed by atoms with Crippen molar-refractivity contribution < 1.29 is 4.74 Å². The first-order chi connectivity index (χ1) is 10.3. The van der Waals surface area contributed by atoms with Crippen molar-refractivity contribution in [2.24, 2.45) is 5.92 Å². The Kier molecular flexibility index (Phi) is 3.84. The third-order valence-corrected chi connectivity index (χ3v) is 3.72. The zero-order valence-electron chi connectivity index (χ0n) is 11.8. The number of hydrogen-bond donors (Lipinski definition) is 2. The smallest absolute Gasteiger partial charge is 0.135 e. The van der Waals surface area contributed by atoms with E-state index in [-0.39, 0.29) is 6.10 Å². The first kappa shape index (κ1) is 13.6. The number of nitriles is 1. The van der Waals surface area contributed by atoms with Crippen LogP contribution in [-0.4, -0.2) is 28.1 Å². The maximum Gasteiger partial charge on any atom is 0.135 e. The van der Waals surface area contributed by atoms with Crippen molar-refractivity contribution in [3.05, 3.63) is 41.7 Å². The second kappa shape index (κ2) is 5.94. The van der Waals surface area contributed by atoms with E-state index in [1.165, 1.54) is 0 Å². The lowest BCUT2D eigenvalue weighted by molar-refractivity contribution is 0.0868. The minimum Gasteiger partial charge on any atom is -0.383 e. The number of pyridine rings is 1. The lowest BCUT2D eigenvalue weighted by Crippen LogP contribution is -2.19. The number of imidazole rings is 1. The second-order valence-corrected chi connectivity index (χ2v) is 5.18. The number of aromatic nitrogens is 3. The van der Waals surface area contributed by atoms with Crippen molar-refractivity contribution >= 4 is 5.69 Å². The topological polar surface area (TPSA) is 86.6 Å². The molecule has 108 valence electrons. The van der Waals surface area contributed by atoms with Gasteiger partial charge in [0.1, 0.15) is 18.0 Å². The summed E-state index contributed by atoms with van der Waals surface area (Å²) >= 11 is 0. The van der Waals surface area contributed by atoms with E-state index in [9.17, 15) is 0 Å². The lowest BCUT2D eigenvalue weighted by Gasteiger charge is -2.18. The average molecular weight is 283 g/mol. The van der Waals surface area contributed by atoms with Gasteiger partial charge in [0.25, 0.3) is 0 Å². The Morgan fingerprint density at radius 2 is 2.43 bits per heavy atom. The molecule has 3 rings (SSSR count). The van der Waals surface area contributed by atoms with E-state index in [1.54, 1.807) is 12.4 Å². The number of nitrogens with zero attached hydrogens (tertiary/aromatic N) is 3. The van der Waals surface area contributed by atoms with Gasteiger partial charge in [0.15, 0.2) is 0 Å². The number of ether oxygens (including phenoxy) is 1. The molecule has 0 radical (unpaired) electrons. The Morgan fingerprint density at radius 1 is 1.52 bits per heavy atom. The Morgan fingerprint density at radius 3 is 3.19 bits per heavy atom. The molecule has 6 nitrogen and oxygen atoms in total. The molecule has 0 unspecified atom stereocenters. The molecule has 3 heterocycles. The maximum absolute atomic E-state index is 9.13. The van der Waals surface area contributed by atoms with Crippen molar-refractivity contribution in [1.82, 2.24) is 15.0 Å². The van der Waals surface area contributed by atoms with Crippen molar-refractivity contribution in [3.8, 4) is 6.07 Å². The molecule has 21 heavy (non-hydrogen) atoms. The van der Waals surface area contributed by atoms with Crippen LogP contribution in [0, 0.1) is 24.2 Å². The molecule has 1 aliphatic rings. The molecule has 0 saturated carbocycles. The predicted octanol–water partition coefficient (Wildman–Crippen LogP) is 2.17. The van der Waals surface area contributed by atoms with E-state index < -0.39 is 0 Å². The third kappa shape index (κ3) is 2.88. The van der Waals surface area contributed by atoms with Gasteiger partial charge in [-0.2, -0.15) is 5.26 Å². The molecule has 2 aromatic heterocycles. The van der Waals surface area contributed by atoms with Gasteiger partial charge in [-0.1, -0.05) is 0 Å². The van der Waals surface area contributed by atoms with Gasteiger partial charge in [-0.3, -0.25) is 4.98 Å². The third-order valence-electron chi connectivity index (χ3n) is 3.72. The molecular formula is C15H17N5O. The summed E-state index contributed by atoms with van der Waals surface area (Å²) in [7, 11) is 0. The second-order valence-electron chi connectivity index (χ2n) is 5.18. The average Bonchev–Trinajstić information content (AvgIpc) is 3.16. The summed E-state index contributed by atoms with van der Waals surface area (Å²) in [6.07, 6.45) is 6.11. The van der Waals surface area contributed by atoms with Crippen molar-refractivity contribution in [2.75, 3.05) is 18.5 Å². The highest BCUT2D eigenvalue weighted by Gasteiger charge is 2.31. The fourth-order valence-electron chi connectivity index (χ4n) is 2.61. The van der Waals surface area contributed by atoms with Crippen LogP contribution in [0.1, 0.15) is 29.6 Å². The van der Waals surface area contributed by atoms with Crippen LogP contribution in [0.3, 0.4) is 0 Å². The molecule has 1 saturated heterocycles. The molecule has 2 aromatic rings. The number of nitrogens with one attached hydrogen (secondary N) is 2. The van der Waals surface area contributed by atoms with Crippen LogP contribution < -0.4 is 5.32 Å². The highest BCUT2D eigenvalue weighted by molar-refractivity contribution is 5.56. The van der Waals surface area contributed by atoms with Crippen LogP contribution >= 0.6 is 0 Å². The van der Waals surface area contributed by atoms with E-state index >= 15 is 0 Å². The minimum atomic E-state index is -0.0130. The van der Waals surface area contributed by atoms with Crippen LogP contribution in [0.5, 0.6) is 0 Å². The fraction of sp³-hybridized carbons (Fsp3) is 0.400. The number of aryl methyl sites for hydroxylation is 1. The fourth-order valence-corrected chi connectivity index (χ4v) is 2.61. The quantitative estimate of drug-likeness (QED) is 0.898. The molecule has 2 N–H and O–H groups in total. The molecule has 2 atom stereocenters. The summed E-state index contributed by atoms with van der Waals surface area (Å²) in [4.78, 5) is 11.5. The number of aromatic amines is 1. The van der Waals surface area contributed by atoms with Gasteiger partial charge >= 0.3 is 0 Å². The van der Waals surface area contributed by atoms with Crippen LogP contribution in [-0.2, 0) is 4.74 Å². The van der Waals surface area contributed by atoms with E-state index in [0.29, 0.717) is 11.5 Å². The summed E-state index contributed by atoms with van der Waals surface area (Å²) in [5, 5.41) is 12.5. The minimum absolute atomic E-state index is 0.0130. The van der Waals surface area contributed by atoms with Crippen molar-refractivity contribution in [1.29, 1.82) is 5.26 Å². The molecule has 6 heteroatoms. The number of anilines is 1. The van der Waals surface area contributed by atoms with Crippen molar-refractivity contribution in [2.45, 2.75) is 19.4 Å². The van der Waals surface area contributed by atoms with Crippen LogP contribution in [0.25, 0.3) is 0 Å². The Hall–Kier alpha value is -2.39. The number of rotatable bonds is 4. The number of H-pyrrole nitrogens is 1. The summed E-state index contributed by atoms with van der Waals surface area (Å²) in [5.74, 6) is 1.20. The van der Waals surface area contributed by atoms with Gasteiger partial charge in [0.2, 0.25) is 0 Å². The molecule has 0 aliphatic carbocycles. The molecule has 0 aromatic carbocycles. The van der Waals surface area contributed by atoms with Gasteiger partial charge in [-0.15, -0.1) is 0 Å². The van der Waals surface area contributed by atoms with Crippen molar-refractivity contribution in [3.63, 3.8) is 0 Å². The van der Waals surface area contributed by atoms with Gasteiger partial charge < -0.3 is 15.0 Å². The molecule has 1 aliphatic heterocycles. The monoisotopic (exact) mass is 283 g/mol. The largest absolute Gasteiger partial charge is 0.383 e. The Bertz CT molecular complexity index is 647. The van der Waals surface area contributed by atoms with Crippen LogP contribution in [0.15, 0.2) is 24.7 Å². The molecule has 1 fully saturated rings. The zero-order valence-corrected chi connectivity index (χ0v) is 11.8. The Labute approximate surface area is 123 Å². The molecule has 0 spiro atoms.